The van der Waals surface area contributed by atoms with Crippen LogP contribution >= 0.6 is 0 Å². The third kappa shape index (κ3) is 1.01. The van der Waals surface area contributed by atoms with E-state index in [0.29, 0.717) is 0 Å². The highest BCUT2D eigenvalue weighted by atomic mass is 15.6. The normalized spacial score (nSPS) is 22.0. The highest BCUT2D eigenvalue weighted by molar-refractivity contribution is 4.84. The molecule has 0 aromatic heterocycles. The van der Waals surface area contributed by atoms with E-state index >= 15 is 0 Å². The van der Waals surface area contributed by atoms with Gasteiger partial charge in [0.05, 0.1) is 0 Å². The van der Waals surface area contributed by atoms with Gasteiger partial charge >= 0.3 is 0 Å². The molecule has 0 unspecified atom stereocenters. The van der Waals surface area contributed by atoms with Crippen molar-refractivity contribution in [2.24, 2.45) is 0 Å². The molecule has 1 rings (SSSR count). The SMILES string of the molecule is CN1C=CCCN1C. The lowest BCUT2D eigenvalue weighted by Gasteiger charge is -2.29. The molecule has 46 valence electrons. The minimum Gasteiger partial charge on any atom is -0.317 e. The Bertz CT molecular complexity index is 98.7. The molecule has 0 bridgehead atoms. The summed E-state index contributed by atoms with van der Waals surface area (Å²) in [5.41, 5.74) is 0. The molecule has 2 nitrogen and oxygen atoms in total. The Morgan fingerprint density at radius 2 is 2.12 bits per heavy atom. The summed E-state index contributed by atoms with van der Waals surface area (Å²) in [4.78, 5) is 0. The third-order valence-corrected chi connectivity index (χ3v) is 1.48. The second kappa shape index (κ2) is 2.18. The summed E-state index contributed by atoms with van der Waals surface area (Å²) in [6.07, 6.45) is 5.45. The van der Waals surface area contributed by atoms with Crippen LogP contribution < -0.4 is 0 Å². The Morgan fingerprint density at radius 3 is 2.50 bits per heavy atom. The molecular weight excluding hydrogens is 100 g/mol. The molecular formula is C6H12N2. The van der Waals surface area contributed by atoms with Gasteiger partial charge in [-0.2, -0.15) is 0 Å². The van der Waals surface area contributed by atoms with Crippen molar-refractivity contribution in [2.45, 2.75) is 6.42 Å². The van der Waals surface area contributed by atoms with Crippen LogP contribution in [-0.4, -0.2) is 30.7 Å². The van der Waals surface area contributed by atoms with Crippen LogP contribution in [0.1, 0.15) is 6.42 Å². The van der Waals surface area contributed by atoms with Crippen LogP contribution in [0, 0.1) is 0 Å². The molecule has 1 aliphatic rings. The summed E-state index contributed by atoms with van der Waals surface area (Å²) >= 11 is 0. The van der Waals surface area contributed by atoms with Gasteiger partial charge in [-0.1, -0.05) is 6.08 Å². The quantitative estimate of drug-likeness (QED) is 0.454. The van der Waals surface area contributed by atoms with Crippen molar-refractivity contribution < 1.29 is 0 Å². The Kier molecular flexibility index (Phi) is 1.53. The van der Waals surface area contributed by atoms with E-state index in [-0.39, 0.29) is 0 Å². The van der Waals surface area contributed by atoms with Crippen molar-refractivity contribution in [3.63, 3.8) is 0 Å². The average Bonchev–Trinajstić information content (AvgIpc) is 1.77. The van der Waals surface area contributed by atoms with Crippen LogP contribution in [0.5, 0.6) is 0 Å². The highest BCUT2D eigenvalue weighted by Crippen LogP contribution is 2.00. The second-order valence-corrected chi connectivity index (χ2v) is 2.13. The van der Waals surface area contributed by atoms with Gasteiger partial charge < -0.3 is 5.01 Å². The molecule has 1 heterocycles. The molecule has 8 heavy (non-hydrogen) atoms. The molecule has 0 amide bonds. The minimum absolute atomic E-state index is 1.15. The largest absolute Gasteiger partial charge is 0.317 e. The van der Waals surface area contributed by atoms with Crippen LogP contribution in [0.15, 0.2) is 12.3 Å². The first-order valence-corrected chi connectivity index (χ1v) is 2.91. The molecule has 0 N–H and O–H groups in total. The van der Waals surface area contributed by atoms with E-state index in [4.69, 9.17) is 0 Å². The topological polar surface area (TPSA) is 6.48 Å². The number of hydrogen-bond acceptors (Lipinski definition) is 2. The Labute approximate surface area is 50.4 Å². The number of hydrazine groups is 1. The highest BCUT2D eigenvalue weighted by Gasteiger charge is 2.02. The predicted octanol–water partition coefficient (Wildman–Crippen LogP) is 0.682. The standard InChI is InChI=1S/C6H12N2/c1-7-5-3-4-6-8(7)2/h3,5H,4,6H2,1-2H3. The van der Waals surface area contributed by atoms with Gasteiger partial charge in [0.1, 0.15) is 0 Å². The van der Waals surface area contributed by atoms with E-state index in [1.54, 1.807) is 0 Å². The second-order valence-electron chi connectivity index (χ2n) is 2.13. The maximum atomic E-state index is 2.18. The fraction of sp³-hybridized carbons (Fsp3) is 0.667. The number of rotatable bonds is 0. The molecule has 1 aliphatic heterocycles. The first kappa shape index (κ1) is 5.63. The maximum absolute atomic E-state index is 2.18. The first-order valence-electron chi connectivity index (χ1n) is 2.91. The predicted molar refractivity (Wildman–Crippen MR) is 34.1 cm³/mol. The van der Waals surface area contributed by atoms with Gasteiger partial charge in [-0.15, -0.1) is 0 Å². The van der Waals surface area contributed by atoms with E-state index in [2.05, 4.69) is 36.4 Å². The Morgan fingerprint density at radius 1 is 1.38 bits per heavy atom. The number of hydrogen-bond donors (Lipinski definition) is 0. The molecule has 2 heteroatoms. The van der Waals surface area contributed by atoms with Crippen molar-refractivity contribution in [2.75, 3.05) is 20.6 Å². The van der Waals surface area contributed by atoms with Crippen molar-refractivity contribution in [3.05, 3.63) is 12.3 Å². The third-order valence-electron chi connectivity index (χ3n) is 1.48. The van der Waals surface area contributed by atoms with Crippen molar-refractivity contribution >= 4 is 0 Å². The molecule has 0 aromatic rings. The first-order chi connectivity index (χ1) is 3.80. The fourth-order valence-electron chi connectivity index (χ4n) is 0.760. The number of nitrogens with zero attached hydrogens (tertiary/aromatic N) is 2. The van der Waals surface area contributed by atoms with Gasteiger partial charge in [0, 0.05) is 26.8 Å². The van der Waals surface area contributed by atoms with Gasteiger partial charge in [0.15, 0.2) is 0 Å². The van der Waals surface area contributed by atoms with E-state index in [1.165, 1.54) is 6.42 Å². The molecule has 0 fully saturated rings. The van der Waals surface area contributed by atoms with Crippen LogP contribution in [0.25, 0.3) is 0 Å². The zero-order valence-corrected chi connectivity index (χ0v) is 5.46. The summed E-state index contributed by atoms with van der Waals surface area (Å²) in [6.45, 7) is 1.15. The molecule has 0 aliphatic carbocycles. The summed E-state index contributed by atoms with van der Waals surface area (Å²) < 4.78 is 0. The van der Waals surface area contributed by atoms with E-state index in [1.807, 2.05) is 0 Å². The van der Waals surface area contributed by atoms with Crippen molar-refractivity contribution in [1.29, 1.82) is 0 Å². The molecule has 0 radical (unpaired) electrons. The maximum Gasteiger partial charge on any atom is 0.0227 e. The van der Waals surface area contributed by atoms with Crippen LogP contribution in [0.4, 0.5) is 0 Å². The van der Waals surface area contributed by atoms with Gasteiger partial charge in [-0.05, 0) is 6.42 Å². The fourth-order valence-corrected chi connectivity index (χ4v) is 0.760. The van der Waals surface area contributed by atoms with Gasteiger partial charge in [-0.3, -0.25) is 0 Å². The summed E-state index contributed by atoms with van der Waals surface area (Å²) in [5.74, 6) is 0. The van der Waals surface area contributed by atoms with Crippen molar-refractivity contribution in [1.82, 2.24) is 10.0 Å². The molecule has 0 saturated carbocycles. The Balaban J connectivity index is 2.47. The molecule has 0 atom stereocenters. The van der Waals surface area contributed by atoms with Crippen LogP contribution in [0.3, 0.4) is 0 Å². The summed E-state index contributed by atoms with van der Waals surface area (Å²) in [6, 6.07) is 0. The van der Waals surface area contributed by atoms with Gasteiger partial charge in [0.25, 0.3) is 0 Å². The van der Waals surface area contributed by atoms with E-state index < -0.39 is 0 Å². The smallest absolute Gasteiger partial charge is 0.0227 e. The lowest BCUT2D eigenvalue weighted by atomic mass is 10.4. The average molecular weight is 112 g/mol. The zero-order chi connectivity index (χ0) is 5.98. The van der Waals surface area contributed by atoms with Crippen molar-refractivity contribution in [3.8, 4) is 0 Å². The molecule has 0 saturated heterocycles. The Hall–Kier alpha value is -0.500. The van der Waals surface area contributed by atoms with Crippen LogP contribution in [-0.2, 0) is 0 Å². The summed E-state index contributed by atoms with van der Waals surface area (Å²) in [7, 11) is 4.14. The lowest BCUT2D eigenvalue weighted by Crippen LogP contribution is -2.35. The molecule has 0 aromatic carbocycles. The zero-order valence-electron chi connectivity index (χ0n) is 5.46. The molecule has 0 spiro atoms. The van der Waals surface area contributed by atoms with E-state index in [0.717, 1.165) is 6.54 Å². The van der Waals surface area contributed by atoms with Gasteiger partial charge in [-0.25, -0.2) is 5.01 Å². The minimum atomic E-state index is 1.15. The monoisotopic (exact) mass is 112 g/mol. The summed E-state index contributed by atoms with van der Waals surface area (Å²) in [5, 5.41) is 4.27. The lowest BCUT2D eigenvalue weighted by molar-refractivity contribution is 0.0724. The van der Waals surface area contributed by atoms with Crippen LogP contribution in [0.2, 0.25) is 0 Å². The van der Waals surface area contributed by atoms with Gasteiger partial charge in [0.2, 0.25) is 0 Å². The van der Waals surface area contributed by atoms with E-state index in [9.17, 15) is 0 Å².